The number of anilines is 2. The molecule has 9 heteroatoms. The summed E-state index contributed by atoms with van der Waals surface area (Å²) >= 11 is 0. The molecule has 2 aromatic carbocycles. The van der Waals surface area contributed by atoms with Gasteiger partial charge in [0.05, 0.1) is 17.5 Å². The van der Waals surface area contributed by atoms with Gasteiger partial charge in [-0.25, -0.2) is 21.6 Å². The van der Waals surface area contributed by atoms with Crippen LogP contribution in [0.25, 0.3) is 0 Å². The van der Waals surface area contributed by atoms with Crippen LogP contribution in [0.4, 0.5) is 24.5 Å². The van der Waals surface area contributed by atoms with Gasteiger partial charge in [0.2, 0.25) is 10.0 Å². The van der Waals surface area contributed by atoms with E-state index in [0.717, 1.165) is 36.6 Å². The predicted octanol–water partition coefficient (Wildman–Crippen LogP) is 2.73. The van der Waals surface area contributed by atoms with Gasteiger partial charge >= 0.3 is 0 Å². The minimum atomic E-state index is -3.72. The summed E-state index contributed by atoms with van der Waals surface area (Å²) in [5.41, 5.74) is -0.914. The summed E-state index contributed by atoms with van der Waals surface area (Å²) in [6.45, 7) is 0. The van der Waals surface area contributed by atoms with E-state index >= 15 is 0 Å². The van der Waals surface area contributed by atoms with Gasteiger partial charge in [-0.15, -0.1) is 0 Å². The Morgan fingerprint density at radius 2 is 1.65 bits per heavy atom. The zero-order valence-electron chi connectivity index (χ0n) is 11.7. The van der Waals surface area contributed by atoms with E-state index in [1.165, 1.54) is 0 Å². The third kappa shape index (κ3) is 4.46. The molecule has 0 aliphatic carbocycles. The molecule has 1 amide bonds. The lowest BCUT2D eigenvalue weighted by molar-refractivity contribution is 0.102. The fraction of sp³-hybridized carbons (Fsp3) is 0.0714. The molecule has 5 nitrogen and oxygen atoms in total. The SMILES string of the molecule is CS(=O)(=O)Nc1cc(NC(=O)c2cc(F)ccc2F)ccc1F. The maximum Gasteiger partial charge on any atom is 0.258 e. The van der Waals surface area contributed by atoms with E-state index in [0.29, 0.717) is 6.07 Å². The Morgan fingerprint density at radius 1 is 1.00 bits per heavy atom. The number of hydrogen-bond acceptors (Lipinski definition) is 3. The second-order valence-corrected chi connectivity index (χ2v) is 6.40. The van der Waals surface area contributed by atoms with Gasteiger partial charge in [0, 0.05) is 5.69 Å². The smallest absolute Gasteiger partial charge is 0.258 e. The van der Waals surface area contributed by atoms with E-state index in [9.17, 15) is 26.4 Å². The Kier molecular flexibility index (Phi) is 4.60. The maximum absolute atomic E-state index is 13.5. The number of carbonyl (C=O) groups is 1. The summed E-state index contributed by atoms with van der Waals surface area (Å²) in [5, 5.41) is 2.23. The van der Waals surface area contributed by atoms with Crippen molar-refractivity contribution < 1.29 is 26.4 Å². The first-order valence-electron chi connectivity index (χ1n) is 6.19. The summed E-state index contributed by atoms with van der Waals surface area (Å²) in [6, 6.07) is 5.46. The van der Waals surface area contributed by atoms with Crippen LogP contribution in [-0.4, -0.2) is 20.6 Å². The molecule has 0 fully saturated rings. The molecule has 0 heterocycles. The molecule has 0 spiro atoms. The molecule has 0 radical (unpaired) electrons. The molecule has 0 saturated heterocycles. The molecule has 2 aromatic rings. The van der Waals surface area contributed by atoms with Crippen LogP contribution in [0.3, 0.4) is 0 Å². The van der Waals surface area contributed by atoms with Gasteiger partial charge in [0.1, 0.15) is 17.5 Å². The van der Waals surface area contributed by atoms with Crippen molar-refractivity contribution in [3.05, 3.63) is 59.4 Å². The van der Waals surface area contributed by atoms with Crippen molar-refractivity contribution in [1.29, 1.82) is 0 Å². The van der Waals surface area contributed by atoms with Crippen LogP contribution in [-0.2, 0) is 10.0 Å². The fourth-order valence-corrected chi connectivity index (χ4v) is 2.31. The average Bonchev–Trinajstić information content (AvgIpc) is 2.43. The minimum Gasteiger partial charge on any atom is -0.322 e. The lowest BCUT2D eigenvalue weighted by Crippen LogP contribution is -2.15. The van der Waals surface area contributed by atoms with E-state index < -0.39 is 38.9 Å². The summed E-state index contributed by atoms with van der Waals surface area (Å²) in [7, 11) is -3.72. The molecule has 2 N–H and O–H groups in total. The highest BCUT2D eigenvalue weighted by atomic mass is 32.2. The van der Waals surface area contributed by atoms with E-state index in [1.54, 1.807) is 0 Å². The van der Waals surface area contributed by atoms with Crippen LogP contribution in [0.2, 0.25) is 0 Å². The summed E-state index contributed by atoms with van der Waals surface area (Å²) < 4.78 is 64.3. The lowest BCUT2D eigenvalue weighted by atomic mass is 10.2. The van der Waals surface area contributed by atoms with Crippen molar-refractivity contribution in [2.75, 3.05) is 16.3 Å². The van der Waals surface area contributed by atoms with Crippen LogP contribution >= 0.6 is 0 Å². The van der Waals surface area contributed by atoms with Gasteiger partial charge in [0.15, 0.2) is 0 Å². The van der Waals surface area contributed by atoms with Gasteiger partial charge in [0.25, 0.3) is 5.91 Å². The highest BCUT2D eigenvalue weighted by Gasteiger charge is 2.15. The molecule has 0 aliphatic rings. The molecule has 23 heavy (non-hydrogen) atoms. The zero-order valence-corrected chi connectivity index (χ0v) is 12.5. The van der Waals surface area contributed by atoms with Gasteiger partial charge in [-0.1, -0.05) is 0 Å². The molecular formula is C14H11F3N2O3S. The topological polar surface area (TPSA) is 75.3 Å². The highest BCUT2D eigenvalue weighted by Crippen LogP contribution is 2.21. The van der Waals surface area contributed by atoms with Crippen LogP contribution in [0.1, 0.15) is 10.4 Å². The standard InChI is InChI=1S/C14H11F3N2O3S/c1-23(21,22)19-13-7-9(3-5-12(13)17)18-14(20)10-6-8(15)2-4-11(10)16/h2-7,19H,1H3,(H,18,20). The number of sulfonamides is 1. The molecule has 122 valence electrons. The number of carbonyl (C=O) groups excluding carboxylic acids is 1. The monoisotopic (exact) mass is 344 g/mol. The lowest BCUT2D eigenvalue weighted by Gasteiger charge is -2.10. The van der Waals surface area contributed by atoms with Crippen LogP contribution < -0.4 is 10.0 Å². The Labute approximate surface area is 130 Å². The average molecular weight is 344 g/mol. The first-order chi connectivity index (χ1) is 10.7. The number of nitrogens with one attached hydrogen (secondary N) is 2. The van der Waals surface area contributed by atoms with Gasteiger partial charge in [-0.2, -0.15) is 0 Å². The van der Waals surface area contributed by atoms with Crippen molar-refractivity contribution in [1.82, 2.24) is 0 Å². The molecular weight excluding hydrogens is 333 g/mol. The Hall–Kier alpha value is -2.55. The molecule has 0 aromatic heterocycles. The van der Waals surface area contributed by atoms with Gasteiger partial charge < -0.3 is 5.32 Å². The number of benzene rings is 2. The second kappa shape index (κ2) is 6.29. The number of halogens is 3. The van der Waals surface area contributed by atoms with E-state index in [4.69, 9.17) is 0 Å². The Morgan fingerprint density at radius 3 is 2.30 bits per heavy atom. The van der Waals surface area contributed by atoms with E-state index in [1.807, 2.05) is 4.72 Å². The van der Waals surface area contributed by atoms with Crippen molar-refractivity contribution in [3.63, 3.8) is 0 Å². The third-order valence-corrected chi connectivity index (χ3v) is 3.28. The number of hydrogen-bond donors (Lipinski definition) is 2. The first kappa shape index (κ1) is 16.8. The van der Waals surface area contributed by atoms with E-state index in [-0.39, 0.29) is 11.4 Å². The summed E-state index contributed by atoms with van der Waals surface area (Å²) in [4.78, 5) is 11.9. The predicted molar refractivity (Wildman–Crippen MR) is 79.2 cm³/mol. The number of rotatable bonds is 4. The largest absolute Gasteiger partial charge is 0.322 e. The van der Waals surface area contributed by atoms with E-state index in [2.05, 4.69) is 5.32 Å². The zero-order chi connectivity index (χ0) is 17.2. The third-order valence-electron chi connectivity index (χ3n) is 2.69. The molecule has 0 bridgehead atoms. The van der Waals surface area contributed by atoms with Gasteiger partial charge in [-0.05, 0) is 36.4 Å². The maximum atomic E-state index is 13.5. The molecule has 2 rings (SSSR count). The van der Waals surface area contributed by atoms with Crippen molar-refractivity contribution in [2.24, 2.45) is 0 Å². The van der Waals surface area contributed by atoms with Gasteiger partial charge in [-0.3, -0.25) is 9.52 Å². The summed E-state index contributed by atoms with van der Waals surface area (Å²) in [6.07, 6.45) is 0.833. The van der Waals surface area contributed by atoms with Crippen molar-refractivity contribution >= 4 is 27.3 Å². The second-order valence-electron chi connectivity index (χ2n) is 4.65. The highest BCUT2D eigenvalue weighted by molar-refractivity contribution is 7.92. The minimum absolute atomic E-state index is 0.00575. The van der Waals surface area contributed by atoms with Crippen LogP contribution in [0.15, 0.2) is 36.4 Å². The quantitative estimate of drug-likeness (QED) is 0.895. The molecule has 0 aliphatic heterocycles. The molecule has 0 saturated carbocycles. The van der Waals surface area contributed by atoms with Crippen molar-refractivity contribution in [2.45, 2.75) is 0 Å². The summed E-state index contributed by atoms with van der Waals surface area (Å²) in [5.74, 6) is -3.54. The first-order valence-corrected chi connectivity index (χ1v) is 8.08. The fourth-order valence-electron chi connectivity index (χ4n) is 1.75. The van der Waals surface area contributed by atoms with Crippen molar-refractivity contribution in [3.8, 4) is 0 Å². The van der Waals surface area contributed by atoms with Crippen LogP contribution in [0.5, 0.6) is 0 Å². The number of amides is 1. The normalized spacial score (nSPS) is 11.1. The molecule has 0 unspecified atom stereocenters. The molecule has 0 atom stereocenters. The Bertz CT molecular complexity index is 870. The van der Waals surface area contributed by atoms with Crippen LogP contribution in [0, 0.1) is 17.5 Å². The Balaban J connectivity index is 2.28.